The lowest BCUT2D eigenvalue weighted by atomic mass is 9.89. The predicted octanol–water partition coefficient (Wildman–Crippen LogP) is 3.72. The van der Waals surface area contributed by atoms with Gasteiger partial charge in [0.2, 0.25) is 0 Å². The van der Waals surface area contributed by atoms with Gasteiger partial charge in [0, 0.05) is 50.5 Å². The first-order valence-electron chi connectivity index (χ1n) is 13.7. The largest absolute Gasteiger partial charge is 0.339 e. The van der Waals surface area contributed by atoms with Crippen LogP contribution in [0, 0.1) is 18.3 Å². The second kappa shape index (κ2) is 12.8. The fourth-order valence-corrected chi connectivity index (χ4v) is 6.26. The molecule has 214 valence electrons. The van der Waals surface area contributed by atoms with Crippen LogP contribution in [0.1, 0.15) is 71.5 Å². The number of piperidine rings is 1. The number of benzene rings is 2. The van der Waals surface area contributed by atoms with Crippen molar-refractivity contribution in [2.24, 2.45) is 0 Å². The Hall–Kier alpha value is -3.46. The number of rotatable bonds is 7. The topological polar surface area (TPSA) is 135 Å². The van der Waals surface area contributed by atoms with E-state index in [4.69, 9.17) is 5.26 Å². The molecular weight excluding hydrogens is 528 g/mol. The van der Waals surface area contributed by atoms with Gasteiger partial charge in [0.1, 0.15) is 0 Å². The van der Waals surface area contributed by atoms with Gasteiger partial charge in [-0.2, -0.15) is 22.7 Å². The molecular formula is C29H38N6O4S. The molecule has 1 saturated carbocycles. The summed E-state index contributed by atoms with van der Waals surface area (Å²) < 4.78 is 28.5. The zero-order chi connectivity index (χ0) is 28.9. The molecule has 1 heterocycles. The Morgan fingerprint density at radius 3 is 2.25 bits per heavy atom. The van der Waals surface area contributed by atoms with Crippen molar-refractivity contribution in [3.05, 3.63) is 64.7 Å². The van der Waals surface area contributed by atoms with Gasteiger partial charge in [-0.15, -0.1) is 0 Å². The summed E-state index contributed by atoms with van der Waals surface area (Å²) in [4.78, 5) is 28.1. The van der Waals surface area contributed by atoms with E-state index in [0.29, 0.717) is 48.7 Å². The Kier molecular flexibility index (Phi) is 9.45. The highest BCUT2D eigenvalue weighted by Gasteiger charge is 2.31. The second-order valence-electron chi connectivity index (χ2n) is 10.8. The van der Waals surface area contributed by atoms with Crippen LogP contribution in [-0.4, -0.2) is 68.8 Å². The van der Waals surface area contributed by atoms with Gasteiger partial charge in [0.05, 0.1) is 11.6 Å². The van der Waals surface area contributed by atoms with E-state index in [2.05, 4.69) is 21.4 Å². The Balaban J connectivity index is 1.36. The molecule has 0 spiro atoms. The fraction of sp³-hybridized carbons (Fsp3) is 0.483. The Morgan fingerprint density at radius 2 is 1.62 bits per heavy atom. The summed E-state index contributed by atoms with van der Waals surface area (Å²) in [6, 6.07) is 13.9. The molecule has 0 radical (unpaired) electrons. The van der Waals surface area contributed by atoms with E-state index in [1.54, 1.807) is 12.1 Å². The molecule has 3 amide bonds. The van der Waals surface area contributed by atoms with Crippen molar-refractivity contribution >= 4 is 27.8 Å². The molecule has 0 aromatic heterocycles. The van der Waals surface area contributed by atoms with Gasteiger partial charge in [-0.05, 0) is 73.9 Å². The molecule has 40 heavy (non-hydrogen) atoms. The molecule has 0 unspecified atom stereocenters. The number of nitrogens with zero attached hydrogens (tertiary/aromatic N) is 3. The third kappa shape index (κ3) is 7.18. The summed E-state index contributed by atoms with van der Waals surface area (Å²) in [5, 5.41) is 14.8. The highest BCUT2D eigenvalue weighted by Crippen LogP contribution is 2.29. The van der Waals surface area contributed by atoms with Crippen molar-refractivity contribution < 1.29 is 18.0 Å². The Bertz CT molecular complexity index is 1360. The molecule has 11 heteroatoms. The van der Waals surface area contributed by atoms with Crippen LogP contribution in [0.2, 0.25) is 0 Å². The van der Waals surface area contributed by atoms with Crippen molar-refractivity contribution in [3.63, 3.8) is 0 Å². The average Bonchev–Trinajstić information content (AvgIpc) is 2.95. The van der Waals surface area contributed by atoms with Crippen LogP contribution in [0.25, 0.3) is 0 Å². The minimum atomic E-state index is -3.62. The summed E-state index contributed by atoms with van der Waals surface area (Å²) in [5.74, 6) is 0.272. The minimum absolute atomic E-state index is 0.0767. The number of hydrogen-bond donors (Lipinski definition) is 3. The molecule has 2 atom stereocenters. The first kappa shape index (κ1) is 29.5. The normalized spacial score (nSPS) is 20.1. The van der Waals surface area contributed by atoms with E-state index >= 15 is 0 Å². The van der Waals surface area contributed by atoms with Crippen LogP contribution in [0.5, 0.6) is 0 Å². The van der Waals surface area contributed by atoms with Crippen LogP contribution in [0.4, 0.5) is 10.5 Å². The molecule has 1 aliphatic carbocycles. The molecule has 2 fully saturated rings. The van der Waals surface area contributed by atoms with E-state index in [9.17, 15) is 18.0 Å². The number of urea groups is 1. The van der Waals surface area contributed by atoms with Gasteiger partial charge >= 0.3 is 6.03 Å². The quantitative estimate of drug-likeness (QED) is 0.470. The van der Waals surface area contributed by atoms with Gasteiger partial charge in [-0.1, -0.05) is 31.0 Å². The second-order valence-corrected chi connectivity index (χ2v) is 12.7. The lowest BCUT2D eigenvalue weighted by molar-refractivity contribution is 0.0713. The maximum Gasteiger partial charge on any atom is 0.319 e. The van der Waals surface area contributed by atoms with Gasteiger partial charge < -0.3 is 15.5 Å². The maximum absolute atomic E-state index is 13.3. The third-order valence-electron chi connectivity index (χ3n) is 7.89. The summed E-state index contributed by atoms with van der Waals surface area (Å²) in [6.45, 7) is 3.13. The fourth-order valence-electron chi connectivity index (χ4n) is 5.39. The number of aryl methyl sites for hydroxylation is 1. The van der Waals surface area contributed by atoms with Crippen LogP contribution in [-0.2, 0) is 10.2 Å². The van der Waals surface area contributed by atoms with Gasteiger partial charge in [-0.3, -0.25) is 4.79 Å². The number of anilines is 1. The van der Waals surface area contributed by atoms with Gasteiger partial charge in [-0.25, -0.2) is 4.79 Å². The van der Waals surface area contributed by atoms with Crippen molar-refractivity contribution in [1.82, 2.24) is 19.2 Å². The van der Waals surface area contributed by atoms with E-state index in [-0.39, 0.29) is 11.9 Å². The summed E-state index contributed by atoms with van der Waals surface area (Å²) >= 11 is 0. The minimum Gasteiger partial charge on any atom is -0.339 e. The molecule has 1 aliphatic heterocycles. The van der Waals surface area contributed by atoms with Crippen LogP contribution < -0.4 is 15.4 Å². The smallest absolute Gasteiger partial charge is 0.319 e. The SMILES string of the molecule is Cc1ccc(C(=O)N2CCC(c3ccc(C#N)cc3)CC2)cc1NC(=O)N[C@@H]1CCCC[C@H]1NS(=O)(=O)N(C)C. The molecule has 4 rings (SSSR count). The lowest BCUT2D eigenvalue weighted by Crippen LogP contribution is -2.55. The number of likely N-dealkylation sites (tertiary alicyclic amines) is 1. The number of nitrogens with one attached hydrogen (secondary N) is 3. The van der Waals surface area contributed by atoms with Crippen LogP contribution in [0.15, 0.2) is 42.5 Å². The van der Waals surface area contributed by atoms with Gasteiger partial charge in [0.25, 0.3) is 16.1 Å². The molecule has 2 aromatic carbocycles. The Morgan fingerprint density at radius 1 is 0.975 bits per heavy atom. The molecule has 2 aliphatic rings. The molecule has 10 nitrogen and oxygen atoms in total. The Labute approximate surface area is 236 Å². The van der Waals surface area contributed by atoms with Crippen molar-refractivity contribution in [2.75, 3.05) is 32.5 Å². The van der Waals surface area contributed by atoms with Crippen LogP contribution in [0.3, 0.4) is 0 Å². The first-order valence-corrected chi connectivity index (χ1v) is 15.2. The number of carbonyl (C=O) groups is 2. The molecule has 0 bridgehead atoms. The molecule has 2 aromatic rings. The third-order valence-corrected chi connectivity index (χ3v) is 9.45. The van der Waals surface area contributed by atoms with E-state index in [0.717, 1.165) is 35.6 Å². The van der Waals surface area contributed by atoms with E-state index in [1.807, 2.05) is 42.2 Å². The number of carbonyl (C=O) groups excluding carboxylic acids is 2. The highest BCUT2D eigenvalue weighted by molar-refractivity contribution is 7.87. The molecule has 1 saturated heterocycles. The maximum atomic E-state index is 13.3. The number of hydrogen-bond acceptors (Lipinski definition) is 5. The standard InChI is InChI=1S/C29H38N6O4S/c1-20-8-11-24(28(36)35-16-14-23(15-17-35)22-12-9-21(19-30)10-13-22)18-27(20)32-29(37)31-25-6-4-5-7-26(25)33-40(38,39)34(2)3/h8-13,18,23,25-26,33H,4-7,14-17H2,1-3H3,(H2,31,32,37)/t25-,26-/m1/s1. The number of amides is 3. The van der Waals surface area contributed by atoms with E-state index < -0.39 is 22.3 Å². The van der Waals surface area contributed by atoms with Gasteiger partial charge in [0.15, 0.2) is 0 Å². The number of nitriles is 1. The highest BCUT2D eigenvalue weighted by atomic mass is 32.2. The zero-order valence-corrected chi connectivity index (χ0v) is 24.1. The first-order chi connectivity index (χ1) is 19.1. The van der Waals surface area contributed by atoms with Crippen molar-refractivity contribution in [1.29, 1.82) is 5.26 Å². The predicted molar refractivity (Wildman–Crippen MR) is 154 cm³/mol. The monoisotopic (exact) mass is 566 g/mol. The summed E-state index contributed by atoms with van der Waals surface area (Å²) in [5.41, 5.74) is 3.69. The zero-order valence-electron chi connectivity index (χ0n) is 23.3. The summed E-state index contributed by atoms with van der Waals surface area (Å²) in [7, 11) is -0.688. The molecule has 3 N–H and O–H groups in total. The van der Waals surface area contributed by atoms with Crippen molar-refractivity contribution in [2.45, 2.75) is 63.5 Å². The van der Waals surface area contributed by atoms with E-state index in [1.165, 1.54) is 19.7 Å². The van der Waals surface area contributed by atoms with Crippen LogP contribution >= 0.6 is 0 Å². The summed E-state index contributed by atoms with van der Waals surface area (Å²) in [6.07, 6.45) is 4.78. The average molecular weight is 567 g/mol. The lowest BCUT2D eigenvalue weighted by Gasteiger charge is -2.33. The van der Waals surface area contributed by atoms with Crippen molar-refractivity contribution in [3.8, 4) is 6.07 Å².